The maximum atomic E-state index is 12.5. The number of rotatable bonds is 9. The SMILES string of the molecule is CC(C)N(CCCNC(=O)Nc1ccc(C(C)(C)C)cc1)C[C@H]1O[C@@H](c2cnc3c(N)ncnn23)[C@@H]2OC(C)(C)O[C@@H]21. The van der Waals surface area contributed by atoms with Crippen LogP contribution < -0.4 is 16.4 Å². The standard InChI is InChI=1S/C30H44N8O4/c1-18(2)37(14-8-13-32-28(39)36-20-11-9-19(10-12-20)29(3,4)5)16-22-24-25(42-30(6,7)41-24)23(40-22)21-15-33-27-26(31)34-17-35-38(21)27/h9-12,15,17-18,22-25H,8,13-14,16H2,1-7H3,(H2,31,34,35)(H2,32,36,39)/t22-,23+,24-,25+/m1/s1. The van der Waals surface area contributed by atoms with Crippen molar-refractivity contribution >= 4 is 23.2 Å². The summed E-state index contributed by atoms with van der Waals surface area (Å²) in [6, 6.07) is 8.03. The molecule has 3 aromatic rings. The molecule has 2 aromatic heterocycles. The number of anilines is 2. The first-order chi connectivity index (χ1) is 19.8. The molecule has 0 saturated carbocycles. The van der Waals surface area contributed by atoms with Crippen molar-refractivity contribution in [3.05, 3.63) is 48.0 Å². The molecular weight excluding hydrogens is 536 g/mol. The van der Waals surface area contributed by atoms with Crippen LogP contribution in [0.15, 0.2) is 36.8 Å². The lowest BCUT2D eigenvalue weighted by Gasteiger charge is -2.31. The average molecular weight is 581 g/mol. The molecule has 0 bridgehead atoms. The predicted molar refractivity (Wildman–Crippen MR) is 160 cm³/mol. The molecule has 4 N–H and O–H groups in total. The van der Waals surface area contributed by atoms with E-state index in [2.05, 4.69) is 77.4 Å². The highest BCUT2D eigenvalue weighted by atomic mass is 16.8. The van der Waals surface area contributed by atoms with Gasteiger partial charge in [0.25, 0.3) is 0 Å². The maximum absolute atomic E-state index is 12.5. The van der Waals surface area contributed by atoms with E-state index in [1.54, 1.807) is 10.7 Å². The molecule has 2 aliphatic heterocycles. The molecule has 2 fully saturated rings. The smallest absolute Gasteiger partial charge is 0.319 e. The molecule has 0 aliphatic carbocycles. The van der Waals surface area contributed by atoms with E-state index in [0.29, 0.717) is 24.6 Å². The second-order valence-corrected chi connectivity index (χ2v) is 12.9. The fourth-order valence-electron chi connectivity index (χ4n) is 5.62. The number of carbonyl (C=O) groups is 1. The molecule has 12 nitrogen and oxygen atoms in total. The number of nitrogen functional groups attached to an aromatic ring is 1. The van der Waals surface area contributed by atoms with Crippen LogP contribution in [-0.4, -0.2) is 80.3 Å². The van der Waals surface area contributed by atoms with Gasteiger partial charge in [-0.15, -0.1) is 0 Å². The monoisotopic (exact) mass is 580 g/mol. The highest BCUT2D eigenvalue weighted by Gasteiger charge is 2.56. The normalized spacial score (nSPS) is 23.5. The summed E-state index contributed by atoms with van der Waals surface area (Å²) in [5, 5.41) is 10.2. The Labute approximate surface area is 247 Å². The number of benzene rings is 1. The zero-order chi connectivity index (χ0) is 30.2. The minimum Gasteiger partial charge on any atom is -0.381 e. The van der Waals surface area contributed by atoms with Crippen LogP contribution in [-0.2, 0) is 19.6 Å². The summed E-state index contributed by atoms with van der Waals surface area (Å²) < 4.78 is 20.9. The highest BCUT2D eigenvalue weighted by Crippen LogP contribution is 2.45. The molecule has 228 valence electrons. The van der Waals surface area contributed by atoms with Gasteiger partial charge in [0.2, 0.25) is 0 Å². The molecule has 2 amide bonds. The number of nitrogens with two attached hydrogens (primary N) is 1. The lowest BCUT2D eigenvalue weighted by atomic mass is 9.87. The number of carbonyl (C=O) groups excluding carboxylic acids is 1. The van der Waals surface area contributed by atoms with Crippen LogP contribution in [0.25, 0.3) is 5.65 Å². The second-order valence-electron chi connectivity index (χ2n) is 12.9. The Bertz CT molecular complexity index is 1380. The molecule has 0 spiro atoms. The van der Waals surface area contributed by atoms with Gasteiger partial charge in [0.15, 0.2) is 17.3 Å². The lowest BCUT2D eigenvalue weighted by molar-refractivity contribution is -0.190. The molecule has 2 saturated heterocycles. The van der Waals surface area contributed by atoms with Gasteiger partial charge in [0.1, 0.15) is 30.7 Å². The Morgan fingerprint density at radius 2 is 1.86 bits per heavy atom. The molecule has 12 heteroatoms. The van der Waals surface area contributed by atoms with Crippen LogP contribution in [0.5, 0.6) is 0 Å². The zero-order valence-electron chi connectivity index (χ0n) is 25.6. The van der Waals surface area contributed by atoms with Gasteiger partial charge >= 0.3 is 6.03 Å². The lowest BCUT2D eigenvalue weighted by Crippen LogP contribution is -2.44. The Balaban J connectivity index is 1.18. The topological polar surface area (TPSA) is 141 Å². The summed E-state index contributed by atoms with van der Waals surface area (Å²) in [7, 11) is 0. The minimum atomic E-state index is -0.739. The van der Waals surface area contributed by atoms with Gasteiger partial charge in [0, 0.05) is 31.4 Å². The van der Waals surface area contributed by atoms with Gasteiger partial charge in [-0.1, -0.05) is 32.9 Å². The molecule has 2 aliphatic rings. The molecule has 0 radical (unpaired) electrons. The van der Waals surface area contributed by atoms with Crippen LogP contribution in [0.2, 0.25) is 0 Å². The number of urea groups is 1. The third-order valence-electron chi connectivity index (χ3n) is 7.86. The number of imidazole rings is 1. The van der Waals surface area contributed by atoms with Crippen LogP contribution in [0, 0.1) is 0 Å². The molecule has 0 unspecified atom stereocenters. The first kappa shape index (κ1) is 30.1. The van der Waals surface area contributed by atoms with E-state index in [1.807, 2.05) is 26.0 Å². The first-order valence-electron chi connectivity index (χ1n) is 14.7. The average Bonchev–Trinajstić information content (AvgIpc) is 3.57. The quantitative estimate of drug-likeness (QED) is 0.322. The summed E-state index contributed by atoms with van der Waals surface area (Å²) in [6.07, 6.45) is 2.66. The Morgan fingerprint density at radius 3 is 2.55 bits per heavy atom. The Morgan fingerprint density at radius 1 is 1.14 bits per heavy atom. The summed E-state index contributed by atoms with van der Waals surface area (Å²) in [5.74, 6) is -0.435. The summed E-state index contributed by atoms with van der Waals surface area (Å²) >= 11 is 0. The van der Waals surface area contributed by atoms with Gasteiger partial charge in [-0.2, -0.15) is 5.10 Å². The Kier molecular flexibility index (Phi) is 8.44. The third-order valence-corrected chi connectivity index (χ3v) is 7.86. The fraction of sp³-hybridized carbons (Fsp3) is 0.600. The van der Waals surface area contributed by atoms with E-state index >= 15 is 0 Å². The highest BCUT2D eigenvalue weighted by molar-refractivity contribution is 5.89. The molecule has 4 heterocycles. The number of aromatic nitrogens is 4. The van der Waals surface area contributed by atoms with Crippen molar-refractivity contribution in [3.63, 3.8) is 0 Å². The third kappa shape index (κ3) is 6.51. The summed E-state index contributed by atoms with van der Waals surface area (Å²) in [4.78, 5) is 23.3. The minimum absolute atomic E-state index is 0.0685. The number of ether oxygens (including phenoxy) is 3. The van der Waals surface area contributed by atoms with Gasteiger partial charge in [-0.3, -0.25) is 4.90 Å². The van der Waals surface area contributed by atoms with Crippen molar-refractivity contribution in [3.8, 4) is 0 Å². The van der Waals surface area contributed by atoms with Crippen LogP contribution in [0.3, 0.4) is 0 Å². The second kappa shape index (κ2) is 11.8. The number of hydrogen-bond donors (Lipinski definition) is 3. The number of nitrogens with one attached hydrogen (secondary N) is 2. The number of amides is 2. The predicted octanol–water partition coefficient (Wildman–Crippen LogP) is 3.89. The van der Waals surface area contributed by atoms with E-state index < -0.39 is 11.9 Å². The Hall–Kier alpha value is -3.32. The molecule has 42 heavy (non-hydrogen) atoms. The molecule has 5 rings (SSSR count). The molecule has 4 atom stereocenters. The van der Waals surface area contributed by atoms with Crippen LogP contribution in [0.1, 0.15) is 72.2 Å². The van der Waals surface area contributed by atoms with Crippen LogP contribution >= 0.6 is 0 Å². The summed E-state index contributed by atoms with van der Waals surface area (Å²) in [5.41, 5.74) is 9.31. The number of nitrogens with zero attached hydrogens (tertiary/aromatic N) is 5. The van der Waals surface area contributed by atoms with Crippen molar-refractivity contribution in [2.75, 3.05) is 30.7 Å². The van der Waals surface area contributed by atoms with Crippen LogP contribution in [0.4, 0.5) is 16.3 Å². The van der Waals surface area contributed by atoms with Crippen molar-refractivity contribution in [1.29, 1.82) is 0 Å². The van der Waals surface area contributed by atoms with E-state index in [9.17, 15) is 4.79 Å². The largest absolute Gasteiger partial charge is 0.381 e. The van der Waals surface area contributed by atoms with E-state index in [4.69, 9.17) is 19.9 Å². The van der Waals surface area contributed by atoms with E-state index in [-0.39, 0.29) is 35.8 Å². The molecular formula is C30H44N8O4. The van der Waals surface area contributed by atoms with Gasteiger partial charge in [-0.25, -0.2) is 19.3 Å². The number of hydrogen-bond acceptors (Lipinski definition) is 9. The first-order valence-corrected chi connectivity index (χ1v) is 14.7. The van der Waals surface area contributed by atoms with Crippen molar-refractivity contribution < 1.29 is 19.0 Å². The van der Waals surface area contributed by atoms with E-state index in [1.165, 1.54) is 11.9 Å². The van der Waals surface area contributed by atoms with Crippen molar-refractivity contribution in [2.24, 2.45) is 0 Å². The number of fused-ring (bicyclic) bond motifs is 2. The zero-order valence-corrected chi connectivity index (χ0v) is 25.6. The van der Waals surface area contributed by atoms with Crippen molar-refractivity contribution in [1.82, 2.24) is 29.8 Å². The van der Waals surface area contributed by atoms with E-state index in [0.717, 1.165) is 24.3 Å². The molecule has 1 aromatic carbocycles. The van der Waals surface area contributed by atoms with Gasteiger partial charge < -0.3 is 30.6 Å². The van der Waals surface area contributed by atoms with Gasteiger partial charge in [0.05, 0.1) is 11.9 Å². The fourth-order valence-corrected chi connectivity index (χ4v) is 5.62. The van der Waals surface area contributed by atoms with Gasteiger partial charge in [-0.05, 0) is 57.2 Å². The maximum Gasteiger partial charge on any atom is 0.319 e. The summed E-state index contributed by atoms with van der Waals surface area (Å²) in [6.45, 7) is 16.6. The van der Waals surface area contributed by atoms with Crippen molar-refractivity contribution in [2.45, 2.75) is 96.5 Å².